The standard InChI is InChI=1S/C12H18O3/c1-9-7-11(14-3)8-10(2)12(9)15-6-4-5-13/h7-8,13H,4-6H2,1-3H3. The maximum atomic E-state index is 8.67. The third kappa shape index (κ3) is 3.13. The Labute approximate surface area is 90.6 Å². The molecule has 0 amide bonds. The lowest BCUT2D eigenvalue weighted by molar-refractivity contribution is 0.232. The Kier molecular flexibility index (Phi) is 4.43. The van der Waals surface area contributed by atoms with Gasteiger partial charge in [0.15, 0.2) is 0 Å². The summed E-state index contributed by atoms with van der Waals surface area (Å²) in [5.74, 6) is 1.74. The molecule has 1 aromatic rings. The Hall–Kier alpha value is -1.22. The van der Waals surface area contributed by atoms with E-state index in [1.807, 2.05) is 26.0 Å². The molecule has 0 aliphatic heterocycles. The SMILES string of the molecule is COc1cc(C)c(OCCCO)c(C)c1. The van der Waals surface area contributed by atoms with Crippen molar-refractivity contribution >= 4 is 0 Å². The summed E-state index contributed by atoms with van der Waals surface area (Å²) in [5.41, 5.74) is 2.12. The van der Waals surface area contributed by atoms with Gasteiger partial charge in [-0.3, -0.25) is 0 Å². The van der Waals surface area contributed by atoms with Crippen LogP contribution < -0.4 is 9.47 Å². The van der Waals surface area contributed by atoms with E-state index < -0.39 is 0 Å². The molecule has 0 heterocycles. The fraction of sp³-hybridized carbons (Fsp3) is 0.500. The summed E-state index contributed by atoms with van der Waals surface area (Å²) < 4.78 is 10.8. The van der Waals surface area contributed by atoms with E-state index in [0.717, 1.165) is 22.6 Å². The van der Waals surface area contributed by atoms with Crippen LogP contribution in [-0.4, -0.2) is 25.4 Å². The quantitative estimate of drug-likeness (QED) is 0.756. The third-order valence-corrected chi connectivity index (χ3v) is 2.22. The van der Waals surface area contributed by atoms with Crippen molar-refractivity contribution in [2.24, 2.45) is 0 Å². The second-order valence-corrected chi connectivity index (χ2v) is 3.52. The molecule has 0 aromatic heterocycles. The van der Waals surface area contributed by atoms with Crippen LogP contribution in [0, 0.1) is 13.8 Å². The van der Waals surface area contributed by atoms with Crippen LogP contribution in [0.25, 0.3) is 0 Å². The molecule has 1 aromatic carbocycles. The summed E-state index contributed by atoms with van der Waals surface area (Å²) in [6, 6.07) is 3.89. The Morgan fingerprint density at radius 2 is 1.80 bits per heavy atom. The zero-order chi connectivity index (χ0) is 11.3. The van der Waals surface area contributed by atoms with E-state index in [-0.39, 0.29) is 6.61 Å². The lowest BCUT2D eigenvalue weighted by Gasteiger charge is -2.13. The number of hydrogen-bond acceptors (Lipinski definition) is 3. The van der Waals surface area contributed by atoms with Gasteiger partial charge in [0.05, 0.1) is 13.7 Å². The highest BCUT2D eigenvalue weighted by Crippen LogP contribution is 2.28. The molecule has 0 bridgehead atoms. The molecular formula is C12H18O3. The lowest BCUT2D eigenvalue weighted by Crippen LogP contribution is -2.02. The number of hydrogen-bond donors (Lipinski definition) is 1. The average Bonchev–Trinajstić information content (AvgIpc) is 2.22. The molecule has 0 aliphatic carbocycles. The molecule has 0 saturated heterocycles. The second kappa shape index (κ2) is 5.61. The van der Waals surface area contributed by atoms with Crippen LogP contribution in [0.5, 0.6) is 11.5 Å². The van der Waals surface area contributed by atoms with Crippen LogP contribution in [0.15, 0.2) is 12.1 Å². The van der Waals surface area contributed by atoms with Crippen LogP contribution in [0.2, 0.25) is 0 Å². The molecule has 3 heteroatoms. The minimum absolute atomic E-state index is 0.161. The Morgan fingerprint density at radius 3 is 2.27 bits per heavy atom. The number of methoxy groups -OCH3 is 1. The molecular weight excluding hydrogens is 192 g/mol. The van der Waals surface area contributed by atoms with Crippen LogP contribution in [-0.2, 0) is 0 Å². The summed E-state index contributed by atoms with van der Waals surface area (Å²) in [6.07, 6.45) is 0.658. The summed E-state index contributed by atoms with van der Waals surface area (Å²) in [6.45, 7) is 4.69. The summed E-state index contributed by atoms with van der Waals surface area (Å²) >= 11 is 0. The van der Waals surface area contributed by atoms with Crippen LogP contribution in [0.1, 0.15) is 17.5 Å². The van der Waals surface area contributed by atoms with Gasteiger partial charge in [-0.1, -0.05) is 0 Å². The summed E-state index contributed by atoms with van der Waals surface area (Å²) in [4.78, 5) is 0. The van der Waals surface area contributed by atoms with E-state index in [1.54, 1.807) is 7.11 Å². The van der Waals surface area contributed by atoms with E-state index in [9.17, 15) is 0 Å². The van der Waals surface area contributed by atoms with Gasteiger partial charge in [-0.25, -0.2) is 0 Å². The first kappa shape index (κ1) is 11.9. The Morgan fingerprint density at radius 1 is 1.20 bits per heavy atom. The third-order valence-electron chi connectivity index (χ3n) is 2.22. The average molecular weight is 210 g/mol. The van der Waals surface area contributed by atoms with E-state index >= 15 is 0 Å². The highest BCUT2D eigenvalue weighted by molar-refractivity contribution is 5.45. The van der Waals surface area contributed by atoms with Crippen molar-refractivity contribution in [1.29, 1.82) is 0 Å². The van der Waals surface area contributed by atoms with Crippen molar-refractivity contribution in [3.8, 4) is 11.5 Å². The number of aliphatic hydroxyl groups is 1. The van der Waals surface area contributed by atoms with Gasteiger partial charge in [-0.2, -0.15) is 0 Å². The van der Waals surface area contributed by atoms with Gasteiger partial charge in [0.25, 0.3) is 0 Å². The van der Waals surface area contributed by atoms with Gasteiger partial charge in [0.2, 0.25) is 0 Å². The van der Waals surface area contributed by atoms with Crippen molar-refractivity contribution < 1.29 is 14.6 Å². The number of aliphatic hydroxyl groups excluding tert-OH is 1. The number of aryl methyl sites for hydroxylation is 2. The van der Waals surface area contributed by atoms with Crippen LogP contribution in [0.3, 0.4) is 0 Å². The highest BCUT2D eigenvalue weighted by atomic mass is 16.5. The van der Waals surface area contributed by atoms with Gasteiger partial charge in [-0.05, 0) is 37.1 Å². The minimum atomic E-state index is 0.161. The maximum absolute atomic E-state index is 8.67. The lowest BCUT2D eigenvalue weighted by atomic mass is 10.1. The Bertz CT molecular complexity index is 298. The molecule has 0 atom stereocenters. The molecule has 1 N–H and O–H groups in total. The Balaban J connectivity index is 2.79. The predicted molar refractivity (Wildman–Crippen MR) is 59.7 cm³/mol. The summed E-state index contributed by atoms with van der Waals surface area (Å²) in [5, 5.41) is 8.67. The smallest absolute Gasteiger partial charge is 0.125 e. The second-order valence-electron chi connectivity index (χ2n) is 3.52. The largest absolute Gasteiger partial charge is 0.497 e. The summed E-state index contributed by atoms with van der Waals surface area (Å²) in [7, 11) is 1.65. The van der Waals surface area contributed by atoms with Gasteiger partial charge >= 0.3 is 0 Å². The molecule has 0 saturated carbocycles. The van der Waals surface area contributed by atoms with Gasteiger partial charge < -0.3 is 14.6 Å². The fourth-order valence-electron chi connectivity index (χ4n) is 1.49. The van der Waals surface area contributed by atoms with E-state index in [2.05, 4.69) is 0 Å². The topological polar surface area (TPSA) is 38.7 Å². The van der Waals surface area contributed by atoms with Gasteiger partial charge in [0, 0.05) is 13.0 Å². The van der Waals surface area contributed by atoms with E-state index in [4.69, 9.17) is 14.6 Å². The van der Waals surface area contributed by atoms with Crippen molar-refractivity contribution in [2.75, 3.05) is 20.3 Å². The number of ether oxygens (including phenoxy) is 2. The molecule has 0 spiro atoms. The minimum Gasteiger partial charge on any atom is -0.497 e. The zero-order valence-corrected chi connectivity index (χ0v) is 9.54. The van der Waals surface area contributed by atoms with E-state index in [0.29, 0.717) is 13.0 Å². The van der Waals surface area contributed by atoms with Crippen molar-refractivity contribution in [2.45, 2.75) is 20.3 Å². The molecule has 84 valence electrons. The molecule has 0 fully saturated rings. The zero-order valence-electron chi connectivity index (χ0n) is 9.54. The van der Waals surface area contributed by atoms with Crippen molar-refractivity contribution in [3.05, 3.63) is 23.3 Å². The van der Waals surface area contributed by atoms with Crippen molar-refractivity contribution in [1.82, 2.24) is 0 Å². The molecule has 3 nitrogen and oxygen atoms in total. The first-order valence-corrected chi connectivity index (χ1v) is 5.08. The molecule has 0 radical (unpaired) electrons. The fourth-order valence-corrected chi connectivity index (χ4v) is 1.49. The molecule has 0 unspecified atom stereocenters. The molecule has 1 rings (SSSR count). The van der Waals surface area contributed by atoms with Crippen molar-refractivity contribution in [3.63, 3.8) is 0 Å². The van der Waals surface area contributed by atoms with Gasteiger partial charge in [0.1, 0.15) is 11.5 Å². The first-order chi connectivity index (χ1) is 7.19. The maximum Gasteiger partial charge on any atom is 0.125 e. The molecule has 15 heavy (non-hydrogen) atoms. The number of rotatable bonds is 5. The highest BCUT2D eigenvalue weighted by Gasteiger charge is 2.06. The monoisotopic (exact) mass is 210 g/mol. The predicted octanol–water partition coefficient (Wildman–Crippen LogP) is 2.07. The molecule has 0 aliphatic rings. The number of benzene rings is 1. The normalized spacial score (nSPS) is 10.1. The van der Waals surface area contributed by atoms with Crippen LogP contribution in [0.4, 0.5) is 0 Å². The van der Waals surface area contributed by atoms with Gasteiger partial charge in [-0.15, -0.1) is 0 Å². The first-order valence-electron chi connectivity index (χ1n) is 5.08. The van der Waals surface area contributed by atoms with E-state index in [1.165, 1.54) is 0 Å². The van der Waals surface area contributed by atoms with Crippen LogP contribution >= 0.6 is 0 Å².